The Morgan fingerprint density at radius 2 is 1.68 bits per heavy atom. The zero-order chi connectivity index (χ0) is 31.7. The molecule has 3 aromatic carbocycles. The number of hydrogen-bond acceptors (Lipinski definition) is 8. The summed E-state index contributed by atoms with van der Waals surface area (Å²) in [5.41, 5.74) is -0.0247. The molecule has 234 valence electrons. The Hall–Kier alpha value is -3.84. The van der Waals surface area contributed by atoms with Crippen LogP contribution < -0.4 is 30.1 Å². The number of nitrogens with one attached hydrogen (secondary N) is 4. The van der Waals surface area contributed by atoms with Gasteiger partial charge in [-0.3, -0.25) is 19.1 Å². The van der Waals surface area contributed by atoms with Gasteiger partial charge < -0.3 is 25.4 Å². The summed E-state index contributed by atoms with van der Waals surface area (Å²) in [6.07, 6.45) is 2.98. The van der Waals surface area contributed by atoms with Crippen LogP contribution in [0.5, 0.6) is 17.2 Å². The zero-order valence-electron chi connectivity index (χ0n) is 23.8. The first-order chi connectivity index (χ1) is 21.0. The van der Waals surface area contributed by atoms with E-state index in [2.05, 4.69) is 20.7 Å². The number of ether oxygens (including phenoxy) is 2. The number of rotatable bonds is 12. The van der Waals surface area contributed by atoms with E-state index >= 15 is 0 Å². The summed E-state index contributed by atoms with van der Waals surface area (Å²) in [4.78, 5) is 36.7. The Labute approximate surface area is 265 Å². The molecular weight excluding hydrogens is 631 g/mol. The third-order valence-electron chi connectivity index (χ3n) is 6.75. The van der Waals surface area contributed by atoms with Crippen molar-refractivity contribution < 1.29 is 32.3 Å². The molecule has 3 aromatic rings. The molecule has 1 fully saturated rings. The molecule has 0 aliphatic carbocycles. The zero-order valence-corrected chi connectivity index (χ0v) is 26.2. The van der Waals surface area contributed by atoms with Gasteiger partial charge in [-0.05, 0) is 80.7 Å². The number of carbonyl (C=O) groups is 3. The standard InChI is InChI=1S/C30H32Cl2N4O7S/c1-19(37)42-28-17-22(7-8-23(28)30(39)35-18-29(38)34-15-12-20-10-13-33-14-11-20)44(40,41)36-25-4-2-3-5-27(25)43-26-9-6-21(31)16-24(26)32/h2-9,16-17,20,33,36H,10-15,18H2,1H3,(H,34,38)(H,35,39). The molecule has 44 heavy (non-hydrogen) atoms. The summed E-state index contributed by atoms with van der Waals surface area (Å²) in [6.45, 7) is 3.25. The minimum absolute atomic E-state index is 0.0977. The van der Waals surface area contributed by atoms with E-state index in [0.29, 0.717) is 17.5 Å². The van der Waals surface area contributed by atoms with Crippen LogP contribution in [0.4, 0.5) is 5.69 Å². The van der Waals surface area contributed by atoms with Crippen molar-refractivity contribution >= 4 is 56.7 Å². The first kappa shape index (κ1) is 33.1. The molecule has 0 atom stereocenters. The number of para-hydroxylation sites is 2. The van der Waals surface area contributed by atoms with Crippen LogP contribution in [0.2, 0.25) is 10.0 Å². The second-order valence-electron chi connectivity index (χ2n) is 10.0. The predicted octanol–water partition coefficient (Wildman–Crippen LogP) is 4.75. The molecule has 1 aliphatic heterocycles. The van der Waals surface area contributed by atoms with Crippen LogP contribution >= 0.6 is 23.2 Å². The smallest absolute Gasteiger partial charge is 0.308 e. The summed E-state index contributed by atoms with van der Waals surface area (Å²) in [6, 6.07) is 14.3. The molecule has 1 aliphatic rings. The fourth-order valence-electron chi connectivity index (χ4n) is 4.52. The van der Waals surface area contributed by atoms with Crippen LogP contribution in [-0.4, -0.2) is 52.4 Å². The third kappa shape index (κ3) is 9.33. The highest BCUT2D eigenvalue weighted by atomic mass is 35.5. The molecule has 14 heteroatoms. The van der Waals surface area contributed by atoms with Crippen LogP contribution in [0.15, 0.2) is 65.6 Å². The quantitative estimate of drug-likeness (QED) is 0.160. The monoisotopic (exact) mass is 662 g/mol. The molecule has 2 amide bonds. The molecule has 0 spiro atoms. The molecule has 1 saturated heterocycles. The van der Waals surface area contributed by atoms with E-state index in [9.17, 15) is 22.8 Å². The van der Waals surface area contributed by atoms with Gasteiger partial charge in [0.2, 0.25) is 5.91 Å². The maximum absolute atomic E-state index is 13.4. The number of amides is 2. The van der Waals surface area contributed by atoms with E-state index < -0.39 is 21.9 Å². The van der Waals surface area contributed by atoms with E-state index in [4.69, 9.17) is 32.7 Å². The van der Waals surface area contributed by atoms with Crippen molar-refractivity contribution in [2.45, 2.75) is 31.1 Å². The van der Waals surface area contributed by atoms with Crippen molar-refractivity contribution in [2.75, 3.05) is 30.9 Å². The summed E-state index contributed by atoms with van der Waals surface area (Å²) < 4.78 is 40.2. The van der Waals surface area contributed by atoms with Crippen molar-refractivity contribution in [2.24, 2.45) is 5.92 Å². The summed E-state index contributed by atoms with van der Waals surface area (Å²) >= 11 is 12.2. The van der Waals surface area contributed by atoms with E-state index in [1.165, 1.54) is 24.3 Å². The van der Waals surface area contributed by atoms with Crippen LogP contribution in [0.1, 0.15) is 36.5 Å². The summed E-state index contributed by atoms with van der Waals surface area (Å²) in [7, 11) is -4.27. The van der Waals surface area contributed by atoms with Crippen molar-refractivity contribution in [1.29, 1.82) is 0 Å². The van der Waals surface area contributed by atoms with Gasteiger partial charge in [0.25, 0.3) is 15.9 Å². The molecule has 1 heterocycles. The molecule has 0 saturated carbocycles. The molecule has 4 rings (SSSR count). The van der Waals surface area contributed by atoms with Gasteiger partial charge in [0.15, 0.2) is 5.75 Å². The number of piperidine rings is 1. The van der Waals surface area contributed by atoms with E-state index in [-0.39, 0.29) is 50.9 Å². The van der Waals surface area contributed by atoms with Crippen LogP contribution in [-0.2, 0) is 19.6 Å². The Morgan fingerprint density at radius 3 is 2.41 bits per heavy atom. The minimum Gasteiger partial charge on any atom is -0.454 e. The van der Waals surface area contributed by atoms with Gasteiger partial charge in [-0.15, -0.1) is 0 Å². The molecule has 0 radical (unpaired) electrons. The molecule has 0 bridgehead atoms. The largest absolute Gasteiger partial charge is 0.454 e. The lowest BCUT2D eigenvalue weighted by molar-refractivity contribution is -0.132. The van der Waals surface area contributed by atoms with Crippen LogP contribution in [0.25, 0.3) is 0 Å². The van der Waals surface area contributed by atoms with Crippen molar-refractivity contribution in [3.63, 3.8) is 0 Å². The van der Waals surface area contributed by atoms with Gasteiger partial charge in [-0.2, -0.15) is 0 Å². The number of sulfonamides is 1. The minimum atomic E-state index is -4.27. The van der Waals surface area contributed by atoms with Gasteiger partial charge in [-0.25, -0.2) is 8.42 Å². The summed E-state index contributed by atoms with van der Waals surface area (Å²) in [5, 5.41) is 9.21. The lowest BCUT2D eigenvalue weighted by Crippen LogP contribution is -2.38. The number of carbonyl (C=O) groups excluding carboxylic acids is 3. The number of esters is 1. The van der Waals surface area contributed by atoms with Crippen molar-refractivity contribution in [1.82, 2.24) is 16.0 Å². The van der Waals surface area contributed by atoms with Gasteiger partial charge in [0.1, 0.15) is 11.5 Å². The predicted molar refractivity (Wildman–Crippen MR) is 167 cm³/mol. The number of anilines is 1. The molecule has 4 N–H and O–H groups in total. The summed E-state index contributed by atoms with van der Waals surface area (Å²) in [5.74, 6) is -1.19. The van der Waals surface area contributed by atoms with Crippen molar-refractivity contribution in [3.05, 3.63) is 76.3 Å². The molecule has 11 nitrogen and oxygen atoms in total. The fraction of sp³-hybridized carbons (Fsp3) is 0.300. The Morgan fingerprint density at radius 1 is 0.932 bits per heavy atom. The lowest BCUT2D eigenvalue weighted by atomic mass is 9.95. The van der Waals surface area contributed by atoms with Gasteiger partial charge in [0, 0.05) is 24.6 Å². The maximum Gasteiger partial charge on any atom is 0.308 e. The average molecular weight is 664 g/mol. The van der Waals surface area contributed by atoms with E-state index in [1.807, 2.05) is 0 Å². The van der Waals surface area contributed by atoms with Gasteiger partial charge >= 0.3 is 5.97 Å². The highest BCUT2D eigenvalue weighted by Gasteiger charge is 2.23. The first-order valence-corrected chi connectivity index (χ1v) is 16.1. The fourth-order valence-corrected chi connectivity index (χ4v) is 6.05. The maximum atomic E-state index is 13.4. The number of benzene rings is 3. The van der Waals surface area contributed by atoms with Crippen LogP contribution in [0.3, 0.4) is 0 Å². The Balaban J connectivity index is 1.44. The molecule has 0 aromatic heterocycles. The van der Waals surface area contributed by atoms with Gasteiger partial charge in [0.05, 0.1) is 27.7 Å². The molecular formula is C30H32Cl2N4O7S. The van der Waals surface area contributed by atoms with Crippen molar-refractivity contribution in [3.8, 4) is 17.2 Å². The lowest BCUT2D eigenvalue weighted by Gasteiger charge is -2.22. The first-order valence-electron chi connectivity index (χ1n) is 13.8. The third-order valence-corrected chi connectivity index (χ3v) is 8.64. The second kappa shape index (κ2) is 15.2. The van der Waals surface area contributed by atoms with E-state index in [1.54, 1.807) is 30.3 Å². The Bertz CT molecular complexity index is 1630. The second-order valence-corrected chi connectivity index (χ2v) is 12.6. The Kier molecular flexibility index (Phi) is 11.5. The van der Waals surface area contributed by atoms with Gasteiger partial charge in [-0.1, -0.05) is 35.3 Å². The normalized spacial score (nSPS) is 13.5. The highest BCUT2D eigenvalue weighted by molar-refractivity contribution is 7.92. The van der Waals surface area contributed by atoms with Crippen LogP contribution in [0, 0.1) is 5.92 Å². The average Bonchev–Trinajstić information content (AvgIpc) is 2.98. The number of hydrogen-bond donors (Lipinski definition) is 4. The number of halogens is 2. The van der Waals surface area contributed by atoms with E-state index in [0.717, 1.165) is 45.3 Å². The SMILES string of the molecule is CC(=O)Oc1cc(S(=O)(=O)Nc2ccccc2Oc2ccc(Cl)cc2Cl)ccc1C(=O)NCC(=O)NCCC1CCNCC1. The topological polar surface area (TPSA) is 152 Å². The highest BCUT2D eigenvalue weighted by Crippen LogP contribution is 2.36. The molecule has 0 unspecified atom stereocenters.